The van der Waals surface area contributed by atoms with Crippen LogP contribution in [0.4, 0.5) is 0 Å². The van der Waals surface area contributed by atoms with Gasteiger partial charge in [-0.15, -0.1) is 12.4 Å². The Morgan fingerprint density at radius 1 is 1.24 bits per heavy atom. The maximum Gasteiger partial charge on any atom is 0.124 e. The lowest BCUT2D eigenvalue weighted by Gasteiger charge is -2.32. The van der Waals surface area contributed by atoms with Crippen LogP contribution in [-0.2, 0) is 6.54 Å². The van der Waals surface area contributed by atoms with E-state index in [9.17, 15) is 0 Å². The number of para-hydroxylation sites is 1. The molecule has 3 nitrogen and oxygen atoms in total. The summed E-state index contributed by atoms with van der Waals surface area (Å²) in [7, 11) is 0. The average Bonchev–Trinajstić information content (AvgIpc) is 2.94. The van der Waals surface area contributed by atoms with Gasteiger partial charge in [-0.1, -0.05) is 18.2 Å². The summed E-state index contributed by atoms with van der Waals surface area (Å²) in [4.78, 5) is 2.53. The highest BCUT2D eigenvalue weighted by atomic mass is 35.5. The largest absolute Gasteiger partial charge is 0.490 e. The molecule has 0 amide bonds. The van der Waals surface area contributed by atoms with Crippen LogP contribution in [0.5, 0.6) is 5.75 Å². The predicted octanol–water partition coefficient (Wildman–Crippen LogP) is 3.22. The molecule has 1 saturated carbocycles. The van der Waals surface area contributed by atoms with Crippen molar-refractivity contribution in [2.24, 2.45) is 0 Å². The molecule has 1 aromatic rings. The fourth-order valence-electron chi connectivity index (χ4n) is 3.33. The summed E-state index contributed by atoms with van der Waals surface area (Å²) >= 11 is 0. The minimum Gasteiger partial charge on any atom is -0.490 e. The second-order valence-corrected chi connectivity index (χ2v) is 6.22. The smallest absolute Gasteiger partial charge is 0.124 e. The first-order chi connectivity index (χ1) is 9.81. The molecule has 1 atom stereocenters. The molecule has 4 heteroatoms. The number of nitrogens with one attached hydrogen (secondary N) is 1. The average molecular weight is 311 g/mol. The molecule has 0 unspecified atom stereocenters. The Hall–Kier alpha value is -0.770. The summed E-state index contributed by atoms with van der Waals surface area (Å²) in [6.07, 6.45) is 5.53. The highest BCUT2D eigenvalue weighted by Gasteiger charge is 2.20. The summed E-state index contributed by atoms with van der Waals surface area (Å²) in [6, 6.07) is 9.17. The minimum absolute atomic E-state index is 0. The van der Waals surface area contributed by atoms with Gasteiger partial charge in [0.1, 0.15) is 5.75 Å². The zero-order valence-electron chi connectivity index (χ0n) is 12.9. The lowest BCUT2D eigenvalue weighted by Crippen LogP contribution is -2.48. The van der Waals surface area contributed by atoms with E-state index in [0.29, 0.717) is 12.1 Å². The second-order valence-electron chi connectivity index (χ2n) is 6.22. The van der Waals surface area contributed by atoms with E-state index < -0.39 is 0 Å². The van der Waals surface area contributed by atoms with Gasteiger partial charge in [-0.3, -0.25) is 4.90 Å². The van der Waals surface area contributed by atoms with Crippen LogP contribution in [0.2, 0.25) is 0 Å². The lowest BCUT2D eigenvalue weighted by atomic mass is 10.1. The zero-order valence-corrected chi connectivity index (χ0v) is 13.7. The molecule has 1 saturated heterocycles. The van der Waals surface area contributed by atoms with Gasteiger partial charge < -0.3 is 10.1 Å². The molecule has 3 rings (SSSR count). The van der Waals surface area contributed by atoms with E-state index in [1.54, 1.807) is 0 Å². The maximum absolute atomic E-state index is 6.23. The summed E-state index contributed by atoms with van der Waals surface area (Å²) in [5.41, 5.74) is 1.34. The fourth-order valence-corrected chi connectivity index (χ4v) is 3.33. The fraction of sp³-hybridized carbons (Fsp3) is 0.647. The van der Waals surface area contributed by atoms with Crippen LogP contribution in [-0.4, -0.2) is 36.7 Å². The van der Waals surface area contributed by atoms with Crippen molar-refractivity contribution < 1.29 is 4.74 Å². The molecule has 1 N–H and O–H groups in total. The van der Waals surface area contributed by atoms with E-state index in [-0.39, 0.29) is 12.4 Å². The van der Waals surface area contributed by atoms with Gasteiger partial charge in [-0.2, -0.15) is 0 Å². The Morgan fingerprint density at radius 3 is 2.76 bits per heavy atom. The van der Waals surface area contributed by atoms with Gasteiger partial charge in [0.25, 0.3) is 0 Å². The molecule has 118 valence electrons. The van der Waals surface area contributed by atoms with Crippen molar-refractivity contribution in [2.45, 2.75) is 51.3 Å². The molecule has 1 heterocycles. The van der Waals surface area contributed by atoms with Crippen molar-refractivity contribution in [3.8, 4) is 5.75 Å². The molecular formula is C17H27ClN2O. The Labute approximate surface area is 134 Å². The van der Waals surface area contributed by atoms with Crippen molar-refractivity contribution in [2.75, 3.05) is 19.6 Å². The van der Waals surface area contributed by atoms with Crippen LogP contribution in [0.1, 0.15) is 38.2 Å². The van der Waals surface area contributed by atoms with Gasteiger partial charge in [0.15, 0.2) is 0 Å². The van der Waals surface area contributed by atoms with Crippen LogP contribution in [0.15, 0.2) is 24.3 Å². The number of hydrogen-bond acceptors (Lipinski definition) is 3. The summed E-state index contributed by atoms with van der Waals surface area (Å²) in [6.45, 7) is 6.61. The summed E-state index contributed by atoms with van der Waals surface area (Å²) in [5.74, 6) is 1.10. The summed E-state index contributed by atoms with van der Waals surface area (Å²) < 4.78 is 6.23. The topological polar surface area (TPSA) is 24.5 Å². The van der Waals surface area contributed by atoms with Gasteiger partial charge >= 0.3 is 0 Å². The first kappa shape index (κ1) is 16.6. The van der Waals surface area contributed by atoms with Crippen molar-refractivity contribution >= 4 is 12.4 Å². The van der Waals surface area contributed by atoms with Crippen molar-refractivity contribution in [1.29, 1.82) is 0 Å². The molecule has 2 aliphatic rings. The van der Waals surface area contributed by atoms with E-state index in [1.165, 1.54) is 31.2 Å². The maximum atomic E-state index is 6.23. The van der Waals surface area contributed by atoms with Crippen molar-refractivity contribution in [1.82, 2.24) is 10.2 Å². The van der Waals surface area contributed by atoms with Crippen molar-refractivity contribution in [3.05, 3.63) is 29.8 Å². The molecule has 0 radical (unpaired) electrons. The third-order valence-electron chi connectivity index (χ3n) is 4.42. The van der Waals surface area contributed by atoms with Gasteiger partial charge in [0.05, 0.1) is 6.10 Å². The molecule has 1 aliphatic heterocycles. The Morgan fingerprint density at radius 2 is 2.00 bits per heavy atom. The number of rotatable bonds is 4. The van der Waals surface area contributed by atoms with Gasteiger partial charge in [-0.05, 0) is 38.7 Å². The molecule has 21 heavy (non-hydrogen) atoms. The second kappa shape index (κ2) is 8.02. The highest BCUT2D eigenvalue weighted by Crippen LogP contribution is 2.27. The van der Waals surface area contributed by atoms with Crippen LogP contribution < -0.4 is 10.1 Å². The normalized spacial score (nSPS) is 23.8. The Kier molecular flexibility index (Phi) is 6.34. The molecule has 0 aromatic heterocycles. The zero-order chi connectivity index (χ0) is 13.8. The molecule has 0 spiro atoms. The lowest BCUT2D eigenvalue weighted by molar-refractivity contribution is 0.184. The number of halogens is 1. The van der Waals surface area contributed by atoms with E-state index in [0.717, 1.165) is 31.9 Å². The molecular weight excluding hydrogens is 284 g/mol. The minimum atomic E-state index is 0. The molecule has 2 fully saturated rings. The van der Waals surface area contributed by atoms with E-state index >= 15 is 0 Å². The van der Waals surface area contributed by atoms with Gasteiger partial charge in [-0.25, -0.2) is 0 Å². The number of nitrogens with zero attached hydrogens (tertiary/aromatic N) is 1. The molecule has 1 aromatic carbocycles. The third kappa shape index (κ3) is 4.60. The van der Waals surface area contributed by atoms with E-state index in [1.807, 2.05) is 0 Å². The molecule has 0 bridgehead atoms. The van der Waals surface area contributed by atoms with Crippen LogP contribution >= 0.6 is 12.4 Å². The van der Waals surface area contributed by atoms with Crippen LogP contribution in [0, 0.1) is 0 Å². The first-order valence-electron chi connectivity index (χ1n) is 8.01. The van der Waals surface area contributed by atoms with E-state index in [4.69, 9.17) is 4.74 Å². The van der Waals surface area contributed by atoms with E-state index in [2.05, 4.69) is 41.4 Å². The predicted molar refractivity (Wildman–Crippen MR) is 89.3 cm³/mol. The number of hydrogen-bond donors (Lipinski definition) is 1. The molecule has 1 aliphatic carbocycles. The van der Waals surface area contributed by atoms with Crippen LogP contribution in [0.3, 0.4) is 0 Å². The number of ether oxygens (including phenoxy) is 1. The third-order valence-corrected chi connectivity index (χ3v) is 4.42. The Bertz CT molecular complexity index is 435. The monoisotopic (exact) mass is 310 g/mol. The van der Waals surface area contributed by atoms with Gasteiger partial charge in [0.2, 0.25) is 0 Å². The van der Waals surface area contributed by atoms with Crippen molar-refractivity contribution in [3.63, 3.8) is 0 Å². The standard InChI is InChI=1S/C17H26N2O.ClH/c1-14-12-19(11-10-18-14)13-15-6-2-5-9-17(15)20-16-7-3-4-8-16;/h2,5-6,9,14,16,18H,3-4,7-8,10-13H2,1H3;1H/t14-;/m1./s1. The quantitative estimate of drug-likeness (QED) is 0.924. The van der Waals surface area contributed by atoms with Gasteiger partial charge in [0, 0.05) is 37.8 Å². The SMILES string of the molecule is C[C@@H]1CN(Cc2ccccc2OC2CCCC2)CCN1.Cl. The first-order valence-corrected chi connectivity index (χ1v) is 8.01. The number of benzene rings is 1. The Balaban J connectivity index is 0.00000161. The highest BCUT2D eigenvalue weighted by molar-refractivity contribution is 5.85. The number of piperazine rings is 1. The van der Waals surface area contributed by atoms with Crippen LogP contribution in [0.25, 0.3) is 0 Å². The summed E-state index contributed by atoms with van der Waals surface area (Å²) in [5, 5.41) is 3.50.